The van der Waals surface area contributed by atoms with Gasteiger partial charge < -0.3 is 5.11 Å². The number of aliphatic carboxylic acids is 1. The van der Waals surface area contributed by atoms with Crippen molar-refractivity contribution in [1.29, 1.82) is 0 Å². The van der Waals surface area contributed by atoms with E-state index in [1.807, 2.05) is 13.8 Å². The fourth-order valence-electron chi connectivity index (χ4n) is 1.85. The van der Waals surface area contributed by atoms with Crippen molar-refractivity contribution >= 4 is 5.97 Å². The highest BCUT2D eigenvalue weighted by Crippen LogP contribution is 2.24. The van der Waals surface area contributed by atoms with Crippen molar-refractivity contribution in [2.75, 3.05) is 13.1 Å². The van der Waals surface area contributed by atoms with Crippen LogP contribution in [0.15, 0.2) is 0 Å². The van der Waals surface area contributed by atoms with Crippen molar-refractivity contribution < 1.29 is 9.90 Å². The molecular weight excluding hydrogens is 214 g/mol. The zero-order valence-electron chi connectivity index (χ0n) is 12.1. The van der Waals surface area contributed by atoms with Gasteiger partial charge in [-0.15, -0.1) is 0 Å². The van der Waals surface area contributed by atoms with E-state index in [0.29, 0.717) is 19.0 Å². The number of nitrogens with zero attached hydrogens (tertiary/aromatic N) is 1. The summed E-state index contributed by atoms with van der Waals surface area (Å²) in [6, 6.07) is 0.465. The van der Waals surface area contributed by atoms with Gasteiger partial charge in [-0.3, -0.25) is 9.69 Å². The Bertz CT molecular complexity index is 230. The van der Waals surface area contributed by atoms with E-state index >= 15 is 0 Å². The van der Waals surface area contributed by atoms with Crippen molar-refractivity contribution in [3.05, 3.63) is 0 Å². The summed E-state index contributed by atoms with van der Waals surface area (Å²) in [7, 11) is 0. The van der Waals surface area contributed by atoms with Gasteiger partial charge in [0.25, 0.3) is 0 Å². The molecule has 1 N–H and O–H groups in total. The van der Waals surface area contributed by atoms with Crippen molar-refractivity contribution in [3.63, 3.8) is 0 Å². The molecule has 0 saturated carbocycles. The Hall–Kier alpha value is -0.570. The van der Waals surface area contributed by atoms with E-state index in [0.717, 1.165) is 25.8 Å². The third kappa shape index (κ3) is 5.07. The van der Waals surface area contributed by atoms with Crippen LogP contribution in [0.25, 0.3) is 0 Å². The molecule has 0 spiro atoms. The molecule has 3 nitrogen and oxygen atoms in total. The number of hydrogen-bond acceptors (Lipinski definition) is 2. The molecule has 0 aliphatic heterocycles. The van der Waals surface area contributed by atoms with E-state index in [9.17, 15) is 9.90 Å². The molecule has 0 aliphatic rings. The highest BCUT2D eigenvalue weighted by Gasteiger charge is 2.34. The summed E-state index contributed by atoms with van der Waals surface area (Å²) in [5, 5.41) is 9.33. The Labute approximate surface area is 106 Å². The lowest BCUT2D eigenvalue weighted by Crippen LogP contribution is -2.45. The number of carboxylic acid groups (broad SMARTS) is 1. The molecule has 0 radical (unpaired) electrons. The summed E-state index contributed by atoms with van der Waals surface area (Å²) in [5.74, 6) is -0.676. The minimum absolute atomic E-state index is 0.465. The van der Waals surface area contributed by atoms with Gasteiger partial charge in [-0.05, 0) is 39.7 Å². The predicted octanol–water partition coefficient (Wildman–Crippen LogP) is 3.39. The number of rotatable bonds is 9. The van der Waals surface area contributed by atoms with Gasteiger partial charge in [-0.2, -0.15) is 0 Å². The summed E-state index contributed by atoms with van der Waals surface area (Å²) in [6.07, 6.45) is 4.05. The van der Waals surface area contributed by atoms with Crippen LogP contribution in [0.2, 0.25) is 0 Å². The Morgan fingerprint density at radius 1 is 1.35 bits per heavy atom. The van der Waals surface area contributed by atoms with Crippen LogP contribution < -0.4 is 0 Å². The van der Waals surface area contributed by atoms with E-state index in [4.69, 9.17) is 0 Å². The smallest absolute Gasteiger partial charge is 0.310 e. The zero-order chi connectivity index (χ0) is 13.5. The Balaban J connectivity index is 4.64. The van der Waals surface area contributed by atoms with Crippen LogP contribution in [0.3, 0.4) is 0 Å². The fraction of sp³-hybridized carbons (Fsp3) is 0.929. The maximum atomic E-state index is 11.3. The molecule has 0 heterocycles. The largest absolute Gasteiger partial charge is 0.481 e. The quantitative estimate of drug-likeness (QED) is 0.675. The summed E-state index contributed by atoms with van der Waals surface area (Å²) in [6.45, 7) is 12.0. The van der Waals surface area contributed by atoms with E-state index < -0.39 is 11.4 Å². The fourth-order valence-corrected chi connectivity index (χ4v) is 1.85. The lowest BCUT2D eigenvalue weighted by molar-refractivity contribution is -0.149. The number of hydrogen-bond donors (Lipinski definition) is 1. The molecule has 0 aromatic rings. The van der Waals surface area contributed by atoms with Gasteiger partial charge in [0.15, 0.2) is 0 Å². The topological polar surface area (TPSA) is 40.5 Å². The zero-order valence-corrected chi connectivity index (χ0v) is 12.1. The van der Waals surface area contributed by atoms with Gasteiger partial charge in [-0.25, -0.2) is 0 Å². The molecule has 102 valence electrons. The molecule has 17 heavy (non-hydrogen) atoms. The van der Waals surface area contributed by atoms with Crippen molar-refractivity contribution in [2.45, 2.75) is 66.3 Å². The van der Waals surface area contributed by atoms with E-state index in [-0.39, 0.29) is 0 Å². The van der Waals surface area contributed by atoms with Gasteiger partial charge in [-0.1, -0.05) is 27.2 Å². The first-order valence-corrected chi connectivity index (χ1v) is 6.88. The van der Waals surface area contributed by atoms with E-state index in [1.165, 1.54) is 0 Å². The normalized spacial score (nSPS) is 16.8. The molecule has 0 amide bonds. The molecule has 0 bridgehead atoms. The lowest BCUT2D eigenvalue weighted by Gasteiger charge is -2.35. The molecule has 0 aliphatic carbocycles. The summed E-state index contributed by atoms with van der Waals surface area (Å²) in [4.78, 5) is 13.7. The van der Waals surface area contributed by atoms with Gasteiger partial charge in [0, 0.05) is 12.6 Å². The third-order valence-corrected chi connectivity index (χ3v) is 3.86. The molecule has 0 fully saturated rings. The Kier molecular flexibility index (Phi) is 7.44. The molecule has 0 rings (SSSR count). The second kappa shape index (κ2) is 7.70. The SMILES string of the molecule is CCCCN(CC(C)(CC)C(=O)O)C(C)CC. The van der Waals surface area contributed by atoms with E-state index in [2.05, 4.69) is 25.7 Å². The maximum Gasteiger partial charge on any atom is 0.310 e. The van der Waals surface area contributed by atoms with Crippen LogP contribution in [-0.2, 0) is 4.79 Å². The Morgan fingerprint density at radius 2 is 1.94 bits per heavy atom. The molecule has 3 heteroatoms. The average Bonchev–Trinajstić information content (AvgIpc) is 2.32. The number of carboxylic acids is 1. The van der Waals surface area contributed by atoms with Gasteiger partial charge in [0.2, 0.25) is 0 Å². The Morgan fingerprint density at radius 3 is 2.29 bits per heavy atom. The number of carbonyl (C=O) groups is 1. The molecule has 0 aromatic carbocycles. The summed E-state index contributed by atoms with van der Waals surface area (Å²) < 4.78 is 0. The highest BCUT2D eigenvalue weighted by molar-refractivity contribution is 5.74. The predicted molar refractivity (Wildman–Crippen MR) is 72.3 cm³/mol. The molecular formula is C14H29NO2. The minimum Gasteiger partial charge on any atom is -0.481 e. The molecule has 2 atom stereocenters. The second-order valence-electron chi connectivity index (χ2n) is 5.30. The van der Waals surface area contributed by atoms with Crippen LogP contribution in [0, 0.1) is 5.41 Å². The van der Waals surface area contributed by atoms with E-state index in [1.54, 1.807) is 0 Å². The molecule has 2 unspecified atom stereocenters. The standard InChI is InChI=1S/C14H29NO2/c1-6-9-10-15(12(4)7-2)11-14(5,8-3)13(16)17/h12H,6-11H2,1-5H3,(H,16,17). The molecule has 0 saturated heterocycles. The average molecular weight is 243 g/mol. The van der Waals surface area contributed by atoms with Gasteiger partial charge >= 0.3 is 5.97 Å². The van der Waals surface area contributed by atoms with Crippen LogP contribution in [0.4, 0.5) is 0 Å². The second-order valence-corrected chi connectivity index (χ2v) is 5.30. The van der Waals surface area contributed by atoms with Crippen LogP contribution in [0.1, 0.15) is 60.3 Å². The van der Waals surface area contributed by atoms with Gasteiger partial charge in [0.05, 0.1) is 5.41 Å². The maximum absolute atomic E-state index is 11.3. The van der Waals surface area contributed by atoms with Crippen molar-refractivity contribution in [1.82, 2.24) is 4.90 Å². The van der Waals surface area contributed by atoms with Crippen LogP contribution in [-0.4, -0.2) is 35.1 Å². The molecule has 0 aromatic heterocycles. The van der Waals surface area contributed by atoms with Crippen molar-refractivity contribution in [3.8, 4) is 0 Å². The lowest BCUT2D eigenvalue weighted by atomic mass is 9.86. The first-order chi connectivity index (χ1) is 7.91. The third-order valence-electron chi connectivity index (χ3n) is 3.86. The van der Waals surface area contributed by atoms with Gasteiger partial charge in [0.1, 0.15) is 0 Å². The van der Waals surface area contributed by atoms with Crippen LogP contribution >= 0.6 is 0 Å². The first kappa shape index (κ1) is 16.4. The summed E-state index contributed by atoms with van der Waals surface area (Å²) >= 11 is 0. The first-order valence-electron chi connectivity index (χ1n) is 6.88. The highest BCUT2D eigenvalue weighted by atomic mass is 16.4. The minimum atomic E-state index is -0.676. The van der Waals surface area contributed by atoms with Crippen molar-refractivity contribution in [2.24, 2.45) is 5.41 Å². The monoisotopic (exact) mass is 243 g/mol. The number of unbranched alkanes of at least 4 members (excludes halogenated alkanes) is 1. The summed E-state index contributed by atoms with van der Waals surface area (Å²) in [5.41, 5.74) is -0.614. The van der Waals surface area contributed by atoms with Crippen LogP contribution in [0.5, 0.6) is 0 Å².